The summed E-state index contributed by atoms with van der Waals surface area (Å²) in [6, 6.07) is 4.95. The van der Waals surface area contributed by atoms with E-state index in [0.29, 0.717) is 36.7 Å². The van der Waals surface area contributed by atoms with Crippen LogP contribution in [0.25, 0.3) is 5.69 Å². The second-order valence-electron chi connectivity index (χ2n) is 9.52. The maximum atomic E-state index is 14.3. The van der Waals surface area contributed by atoms with E-state index in [1.54, 1.807) is 6.07 Å². The van der Waals surface area contributed by atoms with E-state index in [2.05, 4.69) is 15.5 Å². The Morgan fingerprint density at radius 1 is 1.26 bits per heavy atom. The topological polar surface area (TPSA) is 82.4 Å². The largest absolute Gasteiger partial charge is 0.444 e. The van der Waals surface area contributed by atoms with Gasteiger partial charge in [0.05, 0.1) is 13.2 Å². The first-order valence-electron chi connectivity index (χ1n) is 10.9. The molecule has 1 aromatic carbocycles. The van der Waals surface area contributed by atoms with Crippen molar-refractivity contribution >= 4 is 6.09 Å². The molecule has 2 unspecified atom stereocenters. The Bertz CT molecular complexity index is 891. The van der Waals surface area contributed by atoms with E-state index >= 15 is 0 Å². The Hall–Kier alpha value is -2.55. The molecular formula is C22H30FN5O3. The minimum atomic E-state index is -0.455. The van der Waals surface area contributed by atoms with E-state index in [1.165, 1.54) is 23.5 Å². The Balaban J connectivity index is 1.17. The number of halogens is 1. The van der Waals surface area contributed by atoms with Crippen molar-refractivity contribution in [2.24, 2.45) is 17.8 Å². The highest BCUT2D eigenvalue weighted by atomic mass is 19.1. The van der Waals surface area contributed by atoms with Crippen LogP contribution in [0.2, 0.25) is 0 Å². The molecule has 1 aliphatic carbocycles. The van der Waals surface area contributed by atoms with Crippen LogP contribution in [-0.2, 0) is 16.1 Å². The molecule has 0 spiro atoms. The zero-order valence-electron chi connectivity index (χ0n) is 18.3. The molecule has 2 aromatic rings. The normalized spacial score (nSPS) is 21.9. The average Bonchev–Trinajstić information content (AvgIpc) is 3.27. The van der Waals surface area contributed by atoms with Crippen molar-refractivity contribution in [3.8, 4) is 5.69 Å². The maximum absolute atomic E-state index is 14.3. The molecule has 2 heterocycles. The van der Waals surface area contributed by atoms with Crippen LogP contribution in [-0.4, -0.2) is 56.5 Å². The summed E-state index contributed by atoms with van der Waals surface area (Å²) in [5.41, 5.74) is 0.648. The van der Waals surface area contributed by atoms with Crippen LogP contribution in [0.4, 0.5) is 9.18 Å². The number of carbonyl (C=O) groups is 1. The van der Waals surface area contributed by atoms with E-state index in [9.17, 15) is 9.18 Å². The highest BCUT2D eigenvalue weighted by molar-refractivity contribution is 5.68. The average molecular weight is 432 g/mol. The second kappa shape index (κ2) is 8.90. The SMILES string of the molecule is CC(C)(C)OC(=O)N1CCC(C2CC2COCc2ccc(-n3cnnn3)c(F)c2)CC1. The lowest BCUT2D eigenvalue weighted by Gasteiger charge is -2.33. The van der Waals surface area contributed by atoms with Gasteiger partial charge in [-0.15, -0.1) is 5.10 Å². The number of likely N-dealkylation sites (tertiary alicyclic amines) is 1. The molecule has 168 valence electrons. The Morgan fingerprint density at radius 2 is 2.03 bits per heavy atom. The Morgan fingerprint density at radius 3 is 2.68 bits per heavy atom. The minimum Gasteiger partial charge on any atom is -0.444 e. The zero-order valence-corrected chi connectivity index (χ0v) is 18.3. The summed E-state index contributed by atoms with van der Waals surface area (Å²) in [7, 11) is 0. The van der Waals surface area contributed by atoms with Crippen molar-refractivity contribution in [1.29, 1.82) is 0 Å². The van der Waals surface area contributed by atoms with E-state index in [4.69, 9.17) is 9.47 Å². The number of benzene rings is 1. The first-order valence-corrected chi connectivity index (χ1v) is 10.9. The summed E-state index contributed by atoms with van der Waals surface area (Å²) in [6.45, 7) is 8.27. The molecule has 1 saturated carbocycles. The van der Waals surface area contributed by atoms with Gasteiger partial charge in [-0.1, -0.05) is 6.07 Å². The molecule has 1 aromatic heterocycles. The monoisotopic (exact) mass is 431 g/mol. The van der Waals surface area contributed by atoms with Gasteiger partial charge in [0.25, 0.3) is 0 Å². The summed E-state index contributed by atoms with van der Waals surface area (Å²) in [4.78, 5) is 14.0. The second-order valence-corrected chi connectivity index (χ2v) is 9.52. The maximum Gasteiger partial charge on any atom is 0.410 e. The number of hydrogen-bond acceptors (Lipinski definition) is 6. The molecule has 4 rings (SSSR count). The number of carbonyl (C=O) groups excluding carboxylic acids is 1. The Kier molecular flexibility index (Phi) is 6.22. The lowest BCUT2D eigenvalue weighted by atomic mass is 9.91. The van der Waals surface area contributed by atoms with Crippen LogP contribution in [0.3, 0.4) is 0 Å². The fraction of sp³-hybridized carbons (Fsp3) is 0.636. The van der Waals surface area contributed by atoms with Crippen molar-refractivity contribution in [1.82, 2.24) is 25.1 Å². The molecule has 1 saturated heterocycles. The van der Waals surface area contributed by atoms with E-state index in [0.717, 1.165) is 31.5 Å². The molecule has 0 N–H and O–H groups in total. The van der Waals surface area contributed by atoms with Gasteiger partial charge in [0.2, 0.25) is 0 Å². The number of ether oxygens (including phenoxy) is 2. The van der Waals surface area contributed by atoms with Crippen molar-refractivity contribution < 1.29 is 18.7 Å². The molecule has 1 aliphatic heterocycles. The summed E-state index contributed by atoms with van der Waals surface area (Å²) >= 11 is 0. The first kappa shape index (κ1) is 21.7. The molecule has 9 heteroatoms. The smallest absolute Gasteiger partial charge is 0.410 e. The summed E-state index contributed by atoms with van der Waals surface area (Å²) in [5.74, 6) is 1.48. The Labute approximate surface area is 181 Å². The third kappa shape index (κ3) is 5.58. The van der Waals surface area contributed by atoms with E-state index in [-0.39, 0.29) is 11.9 Å². The lowest BCUT2D eigenvalue weighted by Crippen LogP contribution is -2.42. The predicted octanol–water partition coefficient (Wildman–Crippen LogP) is 3.60. The summed E-state index contributed by atoms with van der Waals surface area (Å²) < 4.78 is 26.9. The van der Waals surface area contributed by atoms with E-state index < -0.39 is 5.60 Å². The molecule has 0 radical (unpaired) electrons. The van der Waals surface area contributed by atoms with Crippen molar-refractivity contribution in [3.63, 3.8) is 0 Å². The van der Waals surface area contributed by atoms with Crippen LogP contribution < -0.4 is 0 Å². The summed E-state index contributed by atoms with van der Waals surface area (Å²) in [5, 5.41) is 10.8. The number of rotatable bonds is 6. The standard InChI is InChI=1S/C22H30FN5O3/c1-22(2,3)31-21(29)27-8-6-16(7-9-27)18-11-17(18)13-30-12-15-4-5-20(19(23)10-15)28-14-24-25-26-28/h4-5,10,14,16-18H,6-9,11-13H2,1-3H3. The van der Waals surface area contributed by atoms with Gasteiger partial charge >= 0.3 is 6.09 Å². The highest BCUT2D eigenvalue weighted by Gasteiger charge is 2.44. The lowest BCUT2D eigenvalue weighted by molar-refractivity contribution is 0.0170. The van der Waals surface area contributed by atoms with Gasteiger partial charge in [0, 0.05) is 13.1 Å². The van der Waals surface area contributed by atoms with Crippen LogP contribution in [0, 0.1) is 23.6 Å². The number of hydrogen-bond donors (Lipinski definition) is 0. The van der Waals surface area contributed by atoms with E-state index in [1.807, 2.05) is 31.7 Å². The fourth-order valence-electron chi connectivity index (χ4n) is 4.30. The van der Waals surface area contributed by atoms with Crippen molar-refractivity contribution in [2.75, 3.05) is 19.7 Å². The molecule has 1 amide bonds. The molecule has 2 atom stereocenters. The predicted molar refractivity (Wildman–Crippen MR) is 111 cm³/mol. The van der Waals surface area contributed by atoms with Gasteiger partial charge in [-0.05, 0) is 85.9 Å². The van der Waals surface area contributed by atoms with Gasteiger partial charge in [0.15, 0.2) is 0 Å². The fourth-order valence-corrected chi connectivity index (χ4v) is 4.30. The molecule has 31 heavy (non-hydrogen) atoms. The number of aromatic nitrogens is 4. The van der Waals surface area contributed by atoms with Crippen molar-refractivity contribution in [3.05, 3.63) is 35.9 Å². The van der Waals surface area contributed by atoms with Crippen LogP contribution in [0.5, 0.6) is 0 Å². The van der Waals surface area contributed by atoms with Gasteiger partial charge in [0.1, 0.15) is 23.4 Å². The zero-order chi connectivity index (χ0) is 22.0. The summed E-state index contributed by atoms with van der Waals surface area (Å²) in [6.07, 6.45) is 4.36. The van der Waals surface area contributed by atoms with Crippen molar-refractivity contribution in [2.45, 2.75) is 52.2 Å². The van der Waals surface area contributed by atoms with Crippen LogP contribution >= 0.6 is 0 Å². The molecular weight excluding hydrogens is 401 g/mol. The quantitative estimate of drug-likeness (QED) is 0.695. The van der Waals surface area contributed by atoms with Gasteiger partial charge < -0.3 is 14.4 Å². The van der Waals surface area contributed by atoms with Crippen LogP contribution in [0.15, 0.2) is 24.5 Å². The molecule has 2 aliphatic rings. The number of nitrogens with zero attached hydrogens (tertiary/aromatic N) is 5. The number of piperidine rings is 1. The molecule has 8 nitrogen and oxygen atoms in total. The van der Waals surface area contributed by atoms with Gasteiger partial charge in [-0.2, -0.15) is 4.68 Å². The third-order valence-electron chi connectivity index (χ3n) is 5.98. The molecule has 0 bridgehead atoms. The minimum absolute atomic E-state index is 0.208. The third-order valence-corrected chi connectivity index (χ3v) is 5.98. The molecule has 2 fully saturated rings. The number of tetrazole rings is 1. The van der Waals surface area contributed by atoms with Crippen LogP contribution in [0.1, 0.15) is 45.6 Å². The van der Waals surface area contributed by atoms with Gasteiger partial charge in [-0.25, -0.2) is 9.18 Å². The first-order chi connectivity index (χ1) is 14.8. The highest BCUT2D eigenvalue weighted by Crippen LogP contribution is 2.48. The number of amides is 1. The van der Waals surface area contributed by atoms with Gasteiger partial charge in [-0.3, -0.25) is 0 Å².